The number of carboxylic acids is 1. The van der Waals surface area contributed by atoms with Gasteiger partial charge in [-0.15, -0.1) is 0 Å². The number of benzene rings is 1. The highest BCUT2D eigenvalue weighted by molar-refractivity contribution is 5.95. The number of nitrogens with zero attached hydrogens (tertiary/aromatic N) is 1. The van der Waals surface area contributed by atoms with Crippen molar-refractivity contribution in [2.45, 2.75) is 18.9 Å². The normalized spacial score (nSPS) is 20.6. The van der Waals surface area contributed by atoms with Gasteiger partial charge >= 0.3 is 5.97 Å². The van der Waals surface area contributed by atoms with Gasteiger partial charge < -0.3 is 21.1 Å². The fraction of sp³-hybridized carbons (Fsp3) is 0.462. The van der Waals surface area contributed by atoms with E-state index in [2.05, 4.69) is 17.3 Å². The molecule has 98 valence electrons. The fourth-order valence-electron chi connectivity index (χ4n) is 2.37. The maximum atomic E-state index is 11.2. The van der Waals surface area contributed by atoms with E-state index in [4.69, 9.17) is 10.8 Å². The van der Waals surface area contributed by atoms with Crippen molar-refractivity contribution in [1.82, 2.24) is 4.90 Å². The summed E-state index contributed by atoms with van der Waals surface area (Å²) in [5, 5.41) is 12.5. The predicted molar refractivity (Wildman–Crippen MR) is 72.0 cm³/mol. The van der Waals surface area contributed by atoms with Crippen LogP contribution in [0.2, 0.25) is 0 Å². The lowest BCUT2D eigenvalue weighted by Gasteiger charge is -2.31. The molecule has 0 saturated carbocycles. The molecule has 1 aromatic carbocycles. The van der Waals surface area contributed by atoms with Crippen LogP contribution in [-0.4, -0.2) is 42.2 Å². The van der Waals surface area contributed by atoms with E-state index in [0.717, 1.165) is 25.9 Å². The molecule has 0 aliphatic carbocycles. The van der Waals surface area contributed by atoms with Crippen LogP contribution in [-0.2, 0) is 0 Å². The van der Waals surface area contributed by atoms with Gasteiger partial charge in [-0.25, -0.2) is 4.79 Å². The number of carboxylic acid groups (broad SMARTS) is 1. The monoisotopic (exact) mass is 249 g/mol. The number of nitrogen functional groups attached to an aromatic ring is 1. The minimum absolute atomic E-state index is 0.239. The number of likely N-dealkylation sites (tertiary alicyclic amines) is 1. The van der Waals surface area contributed by atoms with Crippen LogP contribution >= 0.6 is 0 Å². The molecular weight excluding hydrogens is 230 g/mol. The first-order valence-electron chi connectivity index (χ1n) is 6.14. The number of nitrogens with one attached hydrogen (secondary N) is 1. The second-order valence-electron chi connectivity index (χ2n) is 4.86. The Kier molecular flexibility index (Phi) is 3.72. The zero-order valence-electron chi connectivity index (χ0n) is 10.5. The topological polar surface area (TPSA) is 78.6 Å². The van der Waals surface area contributed by atoms with Gasteiger partial charge in [-0.05, 0) is 44.6 Å². The van der Waals surface area contributed by atoms with Gasteiger partial charge in [-0.1, -0.05) is 0 Å². The van der Waals surface area contributed by atoms with E-state index in [1.54, 1.807) is 12.1 Å². The van der Waals surface area contributed by atoms with E-state index in [0.29, 0.717) is 17.4 Å². The standard InChI is InChI=1S/C13H19N3O2/c1-16-6-2-3-10(8-16)15-12-5-4-9(14)7-11(12)13(17)18/h4-5,7,10,15H,2-3,6,8,14H2,1H3,(H,17,18). The second kappa shape index (κ2) is 5.27. The molecule has 5 nitrogen and oxygen atoms in total. The highest BCUT2D eigenvalue weighted by atomic mass is 16.4. The van der Waals surface area contributed by atoms with Crippen LogP contribution in [0.4, 0.5) is 11.4 Å². The number of rotatable bonds is 3. The molecule has 0 aromatic heterocycles. The molecule has 0 spiro atoms. The first-order chi connectivity index (χ1) is 8.56. The molecule has 1 heterocycles. The van der Waals surface area contributed by atoms with Crippen LogP contribution in [0.5, 0.6) is 0 Å². The summed E-state index contributed by atoms with van der Waals surface area (Å²) in [7, 11) is 2.08. The summed E-state index contributed by atoms with van der Waals surface area (Å²) in [6.07, 6.45) is 2.19. The molecule has 0 bridgehead atoms. The summed E-state index contributed by atoms with van der Waals surface area (Å²) < 4.78 is 0. The van der Waals surface area contributed by atoms with Crippen LogP contribution in [0.1, 0.15) is 23.2 Å². The highest BCUT2D eigenvalue weighted by Crippen LogP contribution is 2.22. The number of nitrogens with two attached hydrogens (primary N) is 1. The summed E-state index contributed by atoms with van der Waals surface area (Å²) in [4.78, 5) is 13.4. The van der Waals surface area contributed by atoms with Crippen LogP contribution in [0.25, 0.3) is 0 Å². The molecule has 1 saturated heterocycles. The largest absolute Gasteiger partial charge is 0.478 e. The Bertz CT molecular complexity index is 448. The van der Waals surface area contributed by atoms with Crippen molar-refractivity contribution in [3.8, 4) is 0 Å². The van der Waals surface area contributed by atoms with Crippen molar-refractivity contribution in [2.75, 3.05) is 31.2 Å². The van der Waals surface area contributed by atoms with Crippen molar-refractivity contribution in [3.63, 3.8) is 0 Å². The smallest absolute Gasteiger partial charge is 0.337 e. The van der Waals surface area contributed by atoms with E-state index in [1.165, 1.54) is 6.07 Å². The predicted octanol–water partition coefficient (Wildman–Crippen LogP) is 1.47. The van der Waals surface area contributed by atoms with Crippen LogP contribution in [0.15, 0.2) is 18.2 Å². The second-order valence-corrected chi connectivity index (χ2v) is 4.86. The number of likely N-dealkylation sites (N-methyl/N-ethyl adjacent to an activating group) is 1. The number of hydrogen-bond acceptors (Lipinski definition) is 4. The Morgan fingerprint density at radius 3 is 3.00 bits per heavy atom. The molecule has 1 atom stereocenters. The van der Waals surface area contributed by atoms with Gasteiger partial charge in [-0.2, -0.15) is 0 Å². The summed E-state index contributed by atoms with van der Waals surface area (Å²) in [5.74, 6) is -0.950. The maximum absolute atomic E-state index is 11.2. The van der Waals surface area contributed by atoms with Crippen LogP contribution in [0, 0.1) is 0 Å². The summed E-state index contributed by atoms with van der Waals surface area (Å²) in [6.45, 7) is 2.04. The lowest BCUT2D eigenvalue weighted by molar-refractivity contribution is 0.0698. The Morgan fingerprint density at radius 2 is 2.33 bits per heavy atom. The van der Waals surface area contributed by atoms with Gasteiger partial charge in [0.05, 0.1) is 5.56 Å². The molecular formula is C13H19N3O2. The third kappa shape index (κ3) is 2.92. The molecule has 1 aliphatic heterocycles. The highest BCUT2D eigenvalue weighted by Gasteiger charge is 2.19. The zero-order chi connectivity index (χ0) is 13.1. The zero-order valence-corrected chi connectivity index (χ0v) is 10.5. The summed E-state index contributed by atoms with van der Waals surface area (Å²) >= 11 is 0. The molecule has 1 aromatic rings. The first kappa shape index (κ1) is 12.7. The van der Waals surface area contributed by atoms with Crippen LogP contribution < -0.4 is 11.1 Å². The van der Waals surface area contributed by atoms with E-state index in [1.807, 2.05) is 0 Å². The van der Waals surface area contributed by atoms with Gasteiger partial charge in [0.1, 0.15) is 0 Å². The third-order valence-corrected chi connectivity index (χ3v) is 3.26. The van der Waals surface area contributed by atoms with Gasteiger partial charge in [0, 0.05) is 24.0 Å². The lowest BCUT2D eigenvalue weighted by Crippen LogP contribution is -2.40. The van der Waals surface area contributed by atoms with E-state index in [9.17, 15) is 4.79 Å². The summed E-state index contributed by atoms with van der Waals surface area (Å²) in [6, 6.07) is 5.26. The van der Waals surface area contributed by atoms with Gasteiger partial charge in [0.2, 0.25) is 0 Å². The maximum Gasteiger partial charge on any atom is 0.337 e. The quantitative estimate of drug-likeness (QED) is 0.707. The van der Waals surface area contributed by atoms with E-state index < -0.39 is 5.97 Å². The average molecular weight is 249 g/mol. The van der Waals surface area contributed by atoms with E-state index in [-0.39, 0.29) is 5.56 Å². The first-order valence-corrected chi connectivity index (χ1v) is 6.14. The molecule has 1 aliphatic rings. The van der Waals surface area contributed by atoms with Crippen molar-refractivity contribution in [3.05, 3.63) is 23.8 Å². The number of aromatic carboxylic acids is 1. The van der Waals surface area contributed by atoms with Gasteiger partial charge in [0.25, 0.3) is 0 Å². The molecule has 0 radical (unpaired) electrons. The molecule has 18 heavy (non-hydrogen) atoms. The molecule has 4 N–H and O–H groups in total. The third-order valence-electron chi connectivity index (χ3n) is 3.26. The Morgan fingerprint density at radius 1 is 1.56 bits per heavy atom. The van der Waals surface area contributed by atoms with Gasteiger partial charge in [-0.3, -0.25) is 0 Å². The molecule has 0 amide bonds. The average Bonchev–Trinajstić information content (AvgIpc) is 2.31. The molecule has 1 unspecified atom stereocenters. The number of piperidine rings is 1. The molecule has 5 heteroatoms. The number of carbonyl (C=O) groups is 1. The van der Waals surface area contributed by atoms with Crippen molar-refractivity contribution >= 4 is 17.3 Å². The molecule has 1 fully saturated rings. The summed E-state index contributed by atoms with van der Waals surface area (Å²) in [5.41, 5.74) is 6.98. The minimum atomic E-state index is -0.950. The van der Waals surface area contributed by atoms with E-state index >= 15 is 0 Å². The molecule has 2 rings (SSSR count). The SMILES string of the molecule is CN1CCCC(Nc2ccc(N)cc2C(=O)O)C1. The fourth-order valence-corrected chi connectivity index (χ4v) is 2.37. The van der Waals surface area contributed by atoms with Crippen molar-refractivity contribution < 1.29 is 9.90 Å². The Labute approximate surface area is 107 Å². The minimum Gasteiger partial charge on any atom is -0.478 e. The number of anilines is 2. The number of hydrogen-bond donors (Lipinski definition) is 3. The van der Waals surface area contributed by atoms with Crippen LogP contribution in [0.3, 0.4) is 0 Å². The lowest BCUT2D eigenvalue weighted by atomic mass is 10.0. The van der Waals surface area contributed by atoms with Crippen molar-refractivity contribution in [2.24, 2.45) is 0 Å². The van der Waals surface area contributed by atoms with Crippen molar-refractivity contribution in [1.29, 1.82) is 0 Å². The Balaban J connectivity index is 2.15. The van der Waals surface area contributed by atoms with Gasteiger partial charge in [0.15, 0.2) is 0 Å². The Hall–Kier alpha value is -1.75.